The number of hydrogen-bond acceptors (Lipinski definition) is 5. The van der Waals surface area contributed by atoms with Crippen LogP contribution in [0, 0.1) is 0 Å². The number of fused-ring (bicyclic) bond motifs is 1. The second-order valence-corrected chi connectivity index (χ2v) is 7.50. The van der Waals surface area contributed by atoms with Gasteiger partial charge in [-0.15, -0.1) is 11.3 Å². The lowest BCUT2D eigenvalue weighted by molar-refractivity contribution is 0.466. The lowest BCUT2D eigenvalue weighted by atomic mass is 10.3. The third kappa shape index (κ3) is 2.62. The number of nitrogens with zero attached hydrogens (tertiary/aromatic N) is 2. The van der Waals surface area contributed by atoms with Crippen molar-refractivity contribution in [3.8, 4) is 0 Å². The minimum Gasteiger partial charge on any atom is -0.306 e. The molecular weight excluding hydrogens is 312 g/mol. The van der Waals surface area contributed by atoms with Gasteiger partial charge in [-0.25, -0.2) is 18.2 Å². The van der Waals surface area contributed by atoms with Gasteiger partial charge in [0.25, 0.3) is 0 Å². The van der Waals surface area contributed by atoms with Crippen LogP contribution in [0.2, 0.25) is 0 Å². The number of nitrogens with one attached hydrogen (secondary N) is 2. The van der Waals surface area contributed by atoms with E-state index in [2.05, 4.69) is 15.0 Å². The maximum Gasteiger partial charge on any atom is 0.323 e. The summed E-state index contributed by atoms with van der Waals surface area (Å²) < 4.78 is 26.3. The molecule has 2 N–H and O–H groups in total. The van der Waals surface area contributed by atoms with E-state index >= 15 is 0 Å². The molecule has 9 heteroatoms. The van der Waals surface area contributed by atoms with Crippen molar-refractivity contribution in [2.45, 2.75) is 11.4 Å². The quantitative estimate of drug-likeness (QED) is 0.751. The number of sulfonamides is 1. The molecule has 0 unspecified atom stereocenters. The molecular formula is C12H12N4O3S2. The molecule has 0 aliphatic rings. The molecule has 21 heavy (non-hydrogen) atoms. The Morgan fingerprint density at radius 2 is 2.05 bits per heavy atom. The summed E-state index contributed by atoms with van der Waals surface area (Å²) in [6.07, 6.45) is 1.64. The summed E-state index contributed by atoms with van der Waals surface area (Å²) in [4.78, 5) is 20.5. The molecule has 0 spiro atoms. The third-order valence-electron chi connectivity index (χ3n) is 3.04. The minimum absolute atomic E-state index is 0.129. The Morgan fingerprint density at radius 3 is 2.76 bits per heavy atom. The first-order chi connectivity index (χ1) is 9.96. The first kappa shape index (κ1) is 14.0. The fourth-order valence-corrected chi connectivity index (χ4v) is 3.87. The Balaban J connectivity index is 1.96. The maximum atomic E-state index is 12.5. The predicted octanol–water partition coefficient (Wildman–Crippen LogP) is 1.13. The van der Waals surface area contributed by atoms with E-state index in [0.717, 1.165) is 5.01 Å². The van der Waals surface area contributed by atoms with Crippen LogP contribution in [0.5, 0.6) is 0 Å². The van der Waals surface area contributed by atoms with Crippen LogP contribution in [-0.4, -0.2) is 34.7 Å². The summed E-state index contributed by atoms with van der Waals surface area (Å²) >= 11 is 1.40. The molecule has 0 amide bonds. The van der Waals surface area contributed by atoms with Crippen molar-refractivity contribution in [2.24, 2.45) is 0 Å². The minimum atomic E-state index is -3.63. The molecule has 0 aliphatic heterocycles. The molecule has 0 atom stereocenters. The van der Waals surface area contributed by atoms with E-state index in [0.29, 0.717) is 11.0 Å². The van der Waals surface area contributed by atoms with Crippen LogP contribution >= 0.6 is 11.3 Å². The smallest absolute Gasteiger partial charge is 0.306 e. The van der Waals surface area contributed by atoms with Crippen LogP contribution in [0.4, 0.5) is 0 Å². The molecule has 3 aromatic rings. The summed E-state index contributed by atoms with van der Waals surface area (Å²) in [5.41, 5.74) is 0.668. The lowest BCUT2D eigenvalue weighted by Gasteiger charge is -2.15. The van der Waals surface area contributed by atoms with Crippen molar-refractivity contribution in [1.29, 1.82) is 0 Å². The average molecular weight is 324 g/mol. The lowest BCUT2D eigenvalue weighted by Crippen LogP contribution is -2.26. The van der Waals surface area contributed by atoms with Gasteiger partial charge in [0, 0.05) is 18.6 Å². The Bertz CT molecular complexity index is 925. The van der Waals surface area contributed by atoms with Gasteiger partial charge >= 0.3 is 5.69 Å². The van der Waals surface area contributed by atoms with Crippen LogP contribution in [0.1, 0.15) is 5.01 Å². The summed E-state index contributed by atoms with van der Waals surface area (Å²) in [5.74, 6) is 0. The monoisotopic (exact) mass is 324 g/mol. The highest BCUT2D eigenvalue weighted by atomic mass is 32.2. The number of thiazole rings is 1. The third-order valence-corrected chi connectivity index (χ3v) is 5.60. The molecule has 0 radical (unpaired) electrons. The molecule has 2 aromatic heterocycles. The van der Waals surface area contributed by atoms with Gasteiger partial charge in [-0.05, 0) is 18.2 Å². The highest BCUT2D eigenvalue weighted by molar-refractivity contribution is 7.89. The maximum absolute atomic E-state index is 12.5. The van der Waals surface area contributed by atoms with Crippen molar-refractivity contribution in [1.82, 2.24) is 19.3 Å². The molecule has 3 rings (SSSR count). The van der Waals surface area contributed by atoms with Crippen molar-refractivity contribution >= 4 is 32.4 Å². The van der Waals surface area contributed by atoms with E-state index in [9.17, 15) is 13.2 Å². The SMILES string of the molecule is CN(Cc1nccs1)S(=O)(=O)c1ccc2[nH]c(=O)[nH]c2c1. The first-order valence-corrected chi connectivity index (χ1v) is 8.35. The molecule has 0 bridgehead atoms. The highest BCUT2D eigenvalue weighted by Crippen LogP contribution is 2.20. The molecule has 0 saturated heterocycles. The number of aromatic nitrogens is 3. The van der Waals surface area contributed by atoms with Crippen LogP contribution in [0.15, 0.2) is 39.5 Å². The molecule has 0 aliphatic carbocycles. The van der Waals surface area contributed by atoms with Gasteiger partial charge in [0.1, 0.15) is 5.01 Å². The number of aromatic amines is 2. The number of H-pyrrole nitrogens is 2. The average Bonchev–Trinajstić information content (AvgIpc) is 3.05. The molecule has 7 nitrogen and oxygen atoms in total. The van der Waals surface area contributed by atoms with Gasteiger partial charge in [0.15, 0.2) is 0 Å². The van der Waals surface area contributed by atoms with E-state index in [-0.39, 0.29) is 17.1 Å². The zero-order chi connectivity index (χ0) is 15.0. The summed E-state index contributed by atoms with van der Waals surface area (Å²) in [7, 11) is -2.13. The van der Waals surface area contributed by atoms with Crippen LogP contribution in [0.3, 0.4) is 0 Å². The zero-order valence-corrected chi connectivity index (χ0v) is 12.7. The molecule has 0 fully saturated rings. The zero-order valence-electron chi connectivity index (χ0n) is 11.0. The topological polar surface area (TPSA) is 98.9 Å². The summed E-state index contributed by atoms with van der Waals surface area (Å²) in [6.45, 7) is 0.210. The largest absolute Gasteiger partial charge is 0.323 e. The fourth-order valence-electron chi connectivity index (χ4n) is 1.96. The van der Waals surface area contributed by atoms with Crippen molar-refractivity contribution in [3.63, 3.8) is 0 Å². The van der Waals surface area contributed by atoms with E-state index in [1.165, 1.54) is 34.8 Å². The van der Waals surface area contributed by atoms with Crippen molar-refractivity contribution in [2.75, 3.05) is 7.05 Å². The van der Waals surface area contributed by atoms with Gasteiger partial charge < -0.3 is 9.97 Å². The van der Waals surface area contributed by atoms with Gasteiger partial charge in [-0.2, -0.15) is 4.31 Å². The van der Waals surface area contributed by atoms with Gasteiger partial charge in [0.2, 0.25) is 10.0 Å². The fraction of sp³-hybridized carbons (Fsp3) is 0.167. The molecule has 0 saturated carbocycles. The summed E-state index contributed by atoms with van der Waals surface area (Å²) in [6, 6.07) is 4.48. The number of benzene rings is 1. The highest BCUT2D eigenvalue weighted by Gasteiger charge is 2.22. The Labute approximate surface area is 124 Å². The van der Waals surface area contributed by atoms with E-state index < -0.39 is 10.0 Å². The molecule has 2 heterocycles. The normalized spacial score (nSPS) is 12.3. The van der Waals surface area contributed by atoms with Gasteiger partial charge in [-0.1, -0.05) is 0 Å². The van der Waals surface area contributed by atoms with E-state index in [4.69, 9.17) is 0 Å². The number of hydrogen-bond donors (Lipinski definition) is 2. The van der Waals surface area contributed by atoms with Crippen molar-refractivity contribution < 1.29 is 8.42 Å². The summed E-state index contributed by atoms with van der Waals surface area (Å²) in [5, 5.41) is 2.52. The Hall–Kier alpha value is -1.97. The van der Waals surface area contributed by atoms with E-state index in [1.54, 1.807) is 17.6 Å². The predicted molar refractivity (Wildman–Crippen MR) is 79.7 cm³/mol. The number of imidazole rings is 1. The molecule has 1 aromatic carbocycles. The van der Waals surface area contributed by atoms with Gasteiger partial charge in [0.05, 0.1) is 22.5 Å². The van der Waals surface area contributed by atoms with Gasteiger partial charge in [-0.3, -0.25) is 0 Å². The number of rotatable bonds is 4. The van der Waals surface area contributed by atoms with Crippen LogP contribution in [-0.2, 0) is 16.6 Å². The van der Waals surface area contributed by atoms with Crippen LogP contribution < -0.4 is 5.69 Å². The second kappa shape index (κ2) is 5.10. The standard InChI is InChI=1S/C12H12N4O3S2/c1-16(7-11-13-4-5-20-11)21(18,19)8-2-3-9-10(6-8)15-12(17)14-9/h2-6H,7H2,1H3,(H2,14,15,17). The van der Waals surface area contributed by atoms with Crippen LogP contribution in [0.25, 0.3) is 11.0 Å². The Morgan fingerprint density at radius 1 is 1.29 bits per heavy atom. The second-order valence-electron chi connectivity index (χ2n) is 4.47. The Kier molecular flexibility index (Phi) is 3.40. The first-order valence-electron chi connectivity index (χ1n) is 6.03. The van der Waals surface area contributed by atoms with Crippen molar-refractivity contribution in [3.05, 3.63) is 45.3 Å². The van der Waals surface area contributed by atoms with E-state index in [1.807, 2.05) is 0 Å². The molecule has 110 valence electrons.